The number of hydrogen-bond donors (Lipinski definition) is 1. The molecule has 0 aromatic heterocycles. The molecular weight excluding hydrogens is 246 g/mol. The van der Waals surface area contributed by atoms with E-state index in [9.17, 15) is 8.78 Å². The Kier molecular flexibility index (Phi) is 4.53. The molecule has 1 saturated heterocycles. The molecule has 2 nitrogen and oxygen atoms in total. The van der Waals surface area contributed by atoms with Gasteiger partial charge in [0.05, 0.1) is 0 Å². The highest BCUT2D eigenvalue weighted by Crippen LogP contribution is 2.24. The molecule has 19 heavy (non-hydrogen) atoms. The Labute approximate surface area is 113 Å². The number of alkyl halides is 2. The minimum Gasteiger partial charge on any atom is -0.314 e. The van der Waals surface area contributed by atoms with Gasteiger partial charge in [-0.15, -0.1) is 0 Å². The molecule has 0 saturated carbocycles. The van der Waals surface area contributed by atoms with Gasteiger partial charge in [-0.25, -0.2) is 8.78 Å². The van der Waals surface area contributed by atoms with Crippen LogP contribution >= 0.6 is 0 Å². The summed E-state index contributed by atoms with van der Waals surface area (Å²) in [5, 5.41) is 3.36. The van der Waals surface area contributed by atoms with Crippen molar-refractivity contribution in [2.24, 2.45) is 0 Å². The summed E-state index contributed by atoms with van der Waals surface area (Å²) in [5.41, 5.74) is 1.32. The van der Waals surface area contributed by atoms with Gasteiger partial charge in [-0.05, 0) is 38.4 Å². The van der Waals surface area contributed by atoms with Gasteiger partial charge >= 0.3 is 0 Å². The fourth-order valence-electron chi connectivity index (χ4n) is 2.54. The largest absolute Gasteiger partial charge is 0.314 e. The SMILES string of the molecule is CNC1(C)CCN(Cc2cccc(C(F)F)c2)CC1. The third-order valence-electron chi connectivity index (χ3n) is 4.17. The highest BCUT2D eigenvalue weighted by atomic mass is 19.3. The summed E-state index contributed by atoms with van der Waals surface area (Å²) in [4.78, 5) is 2.34. The van der Waals surface area contributed by atoms with Gasteiger partial charge in [0.15, 0.2) is 0 Å². The van der Waals surface area contributed by atoms with Crippen molar-refractivity contribution >= 4 is 0 Å². The molecule has 0 amide bonds. The number of halogens is 2. The molecule has 0 spiro atoms. The zero-order chi connectivity index (χ0) is 13.9. The molecule has 1 aliphatic rings. The average molecular weight is 268 g/mol. The number of likely N-dealkylation sites (tertiary alicyclic amines) is 1. The summed E-state index contributed by atoms with van der Waals surface area (Å²) in [6.45, 7) is 5.02. The Morgan fingerprint density at radius 1 is 1.32 bits per heavy atom. The number of nitrogens with zero attached hydrogens (tertiary/aromatic N) is 1. The fourth-order valence-corrected chi connectivity index (χ4v) is 2.54. The molecule has 4 heteroatoms. The van der Waals surface area contributed by atoms with E-state index in [-0.39, 0.29) is 11.1 Å². The lowest BCUT2D eigenvalue weighted by Crippen LogP contribution is -2.49. The number of rotatable bonds is 4. The van der Waals surface area contributed by atoms with E-state index < -0.39 is 6.43 Å². The average Bonchev–Trinajstić information content (AvgIpc) is 2.42. The maximum absolute atomic E-state index is 12.7. The van der Waals surface area contributed by atoms with Gasteiger partial charge in [-0.2, -0.15) is 0 Å². The van der Waals surface area contributed by atoms with Crippen LogP contribution in [0.5, 0.6) is 0 Å². The van der Waals surface area contributed by atoms with Crippen molar-refractivity contribution < 1.29 is 8.78 Å². The number of piperidine rings is 1. The number of benzene rings is 1. The fraction of sp³-hybridized carbons (Fsp3) is 0.600. The summed E-state index contributed by atoms with van der Waals surface area (Å²) in [6.07, 6.45) is -0.190. The lowest BCUT2D eigenvalue weighted by atomic mass is 9.90. The van der Waals surface area contributed by atoms with Crippen LogP contribution in [-0.4, -0.2) is 30.6 Å². The van der Waals surface area contributed by atoms with E-state index >= 15 is 0 Å². The number of hydrogen-bond acceptors (Lipinski definition) is 2. The van der Waals surface area contributed by atoms with Crippen LogP contribution in [0.2, 0.25) is 0 Å². The van der Waals surface area contributed by atoms with Crippen molar-refractivity contribution in [3.8, 4) is 0 Å². The van der Waals surface area contributed by atoms with E-state index in [1.807, 2.05) is 13.1 Å². The predicted octanol–water partition coefficient (Wildman–Crippen LogP) is 3.20. The Morgan fingerprint density at radius 2 is 2.00 bits per heavy atom. The lowest BCUT2D eigenvalue weighted by molar-refractivity contribution is 0.144. The molecule has 1 N–H and O–H groups in total. The molecular formula is C15H22F2N2. The summed E-state index contributed by atoms with van der Waals surface area (Å²) < 4.78 is 25.3. The minimum absolute atomic E-state index is 0.120. The predicted molar refractivity (Wildman–Crippen MR) is 73.4 cm³/mol. The van der Waals surface area contributed by atoms with Crippen LogP contribution in [0.1, 0.15) is 37.3 Å². The topological polar surface area (TPSA) is 15.3 Å². The highest BCUT2D eigenvalue weighted by Gasteiger charge is 2.28. The van der Waals surface area contributed by atoms with Crippen molar-refractivity contribution in [3.05, 3.63) is 35.4 Å². The molecule has 0 radical (unpaired) electrons. The van der Waals surface area contributed by atoms with E-state index in [0.717, 1.165) is 38.0 Å². The maximum Gasteiger partial charge on any atom is 0.263 e. The summed E-state index contributed by atoms with van der Waals surface area (Å²) >= 11 is 0. The first kappa shape index (κ1) is 14.4. The summed E-state index contributed by atoms with van der Waals surface area (Å²) in [5.74, 6) is 0. The molecule has 1 fully saturated rings. The first-order chi connectivity index (χ1) is 9.02. The second-order valence-corrected chi connectivity index (χ2v) is 5.63. The standard InChI is InChI=1S/C15H22F2N2/c1-15(18-2)6-8-19(9-7-15)11-12-4-3-5-13(10-12)14(16)17/h3-5,10,14,18H,6-9,11H2,1-2H3. The van der Waals surface area contributed by atoms with Crippen molar-refractivity contribution in [1.82, 2.24) is 10.2 Å². The first-order valence-electron chi connectivity index (χ1n) is 6.81. The molecule has 0 unspecified atom stereocenters. The smallest absolute Gasteiger partial charge is 0.263 e. The molecule has 0 atom stereocenters. The number of nitrogens with one attached hydrogen (secondary N) is 1. The lowest BCUT2D eigenvalue weighted by Gasteiger charge is -2.39. The minimum atomic E-state index is -2.38. The Morgan fingerprint density at radius 3 is 2.58 bits per heavy atom. The second-order valence-electron chi connectivity index (χ2n) is 5.63. The van der Waals surface area contributed by atoms with Crippen LogP contribution in [-0.2, 0) is 6.54 Å². The third-order valence-corrected chi connectivity index (χ3v) is 4.17. The van der Waals surface area contributed by atoms with Crippen molar-refractivity contribution in [1.29, 1.82) is 0 Å². The van der Waals surface area contributed by atoms with Crippen molar-refractivity contribution in [3.63, 3.8) is 0 Å². The maximum atomic E-state index is 12.7. The van der Waals surface area contributed by atoms with Gasteiger partial charge in [0.2, 0.25) is 0 Å². The zero-order valence-corrected chi connectivity index (χ0v) is 11.6. The van der Waals surface area contributed by atoms with Gasteiger partial charge < -0.3 is 5.32 Å². The zero-order valence-electron chi connectivity index (χ0n) is 11.6. The van der Waals surface area contributed by atoms with Crippen molar-refractivity contribution in [2.75, 3.05) is 20.1 Å². The highest BCUT2D eigenvalue weighted by molar-refractivity contribution is 5.24. The van der Waals surface area contributed by atoms with Crippen molar-refractivity contribution in [2.45, 2.75) is 38.3 Å². The molecule has 0 aliphatic carbocycles. The molecule has 1 aromatic rings. The molecule has 1 aliphatic heterocycles. The Bertz CT molecular complexity index is 412. The van der Waals surface area contributed by atoms with Crippen LogP contribution in [0.25, 0.3) is 0 Å². The quantitative estimate of drug-likeness (QED) is 0.902. The van der Waals surface area contributed by atoms with Gasteiger partial charge in [-0.1, -0.05) is 18.2 Å². The van der Waals surface area contributed by atoms with E-state index in [1.54, 1.807) is 12.1 Å². The molecule has 106 valence electrons. The Balaban J connectivity index is 1.94. The first-order valence-corrected chi connectivity index (χ1v) is 6.81. The van der Waals surface area contributed by atoms with Crippen LogP contribution in [0.3, 0.4) is 0 Å². The normalized spacial score (nSPS) is 19.8. The van der Waals surface area contributed by atoms with Crippen LogP contribution in [0.4, 0.5) is 8.78 Å². The van der Waals surface area contributed by atoms with E-state index in [2.05, 4.69) is 17.1 Å². The van der Waals surface area contributed by atoms with Crippen LogP contribution < -0.4 is 5.32 Å². The summed E-state index contributed by atoms with van der Waals surface area (Å²) in [7, 11) is 2.00. The summed E-state index contributed by atoms with van der Waals surface area (Å²) in [6, 6.07) is 6.76. The molecule has 1 aromatic carbocycles. The van der Waals surface area contributed by atoms with E-state index in [4.69, 9.17) is 0 Å². The third kappa shape index (κ3) is 3.74. The van der Waals surface area contributed by atoms with Crippen LogP contribution in [0, 0.1) is 0 Å². The molecule has 1 heterocycles. The van der Waals surface area contributed by atoms with E-state index in [0.29, 0.717) is 0 Å². The van der Waals surface area contributed by atoms with Gasteiger partial charge in [0, 0.05) is 30.7 Å². The second kappa shape index (κ2) is 5.97. The van der Waals surface area contributed by atoms with E-state index in [1.165, 1.54) is 6.07 Å². The Hall–Kier alpha value is -1.00. The van der Waals surface area contributed by atoms with Gasteiger partial charge in [0.1, 0.15) is 0 Å². The monoisotopic (exact) mass is 268 g/mol. The molecule has 0 bridgehead atoms. The van der Waals surface area contributed by atoms with Crippen LogP contribution in [0.15, 0.2) is 24.3 Å². The molecule has 2 rings (SSSR count). The van der Waals surface area contributed by atoms with Gasteiger partial charge in [0.25, 0.3) is 6.43 Å². The van der Waals surface area contributed by atoms with Gasteiger partial charge in [-0.3, -0.25) is 4.90 Å².